The maximum Gasteiger partial charge on any atom is 0.303 e. The van der Waals surface area contributed by atoms with Crippen molar-refractivity contribution in [3.63, 3.8) is 0 Å². The van der Waals surface area contributed by atoms with Crippen LogP contribution in [0.3, 0.4) is 0 Å². The van der Waals surface area contributed by atoms with Gasteiger partial charge in [0, 0.05) is 6.42 Å². The largest absolute Gasteiger partial charge is 0.481 e. The summed E-state index contributed by atoms with van der Waals surface area (Å²) in [4.78, 5) is 11.1. The number of aliphatic carboxylic acids is 1. The van der Waals surface area contributed by atoms with Crippen LogP contribution in [0.4, 0.5) is 0 Å². The van der Waals surface area contributed by atoms with Gasteiger partial charge in [-0.15, -0.1) is 0 Å². The lowest BCUT2D eigenvalue weighted by atomic mass is 9.43. The second kappa shape index (κ2) is 7.27. The fraction of sp³-hybridized carbons (Fsp3) is 0.958. The molecular formula is C24H40O4. The Morgan fingerprint density at radius 1 is 1.04 bits per heavy atom. The van der Waals surface area contributed by atoms with E-state index in [9.17, 15) is 15.0 Å². The standard InChI is InChI=1S/C24H40O4/c1-14(4-9-22(27)28)18-7-8-19-17-6-5-15-12-16(25)10-11-23(15,2)20(17)13-21(26)24(18,19)3/h14-21,25-26H,4-13H2,1-3H3,(H,27,28)/t14-,15?,16-,17?,18?,19+,20+,21+,23?,24?/m1/s1. The van der Waals surface area contributed by atoms with Crippen molar-refractivity contribution in [2.45, 2.75) is 97.2 Å². The lowest BCUT2D eigenvalue weighted by molar-refractivity contribution is -0.175. The number of fused-ring (bicyclic) bond motifs is 5. The van der Waals surface area contributed by atoms with E-state index < -0.39 is 5.97 Å². The Labute approximate surface area is 170 Å². The van der Waals surface area contributed by atoms with Crippen LogP contribution in [0.2, 0.25) is 0 Å². The number of aliphatic hydroxyl groups is 2. The molecule has 0 aromatic carbocycles. The lowest BCUT2D eigenvalue weighted by Crippen LogP contribution is -2.58. The second-order valence-electron chi connectivity index (χ2n) is 11.3. The van der Waals surface area contributed by atoms with Gasteiger partial charge in [-0.3, -0.25) is 4.79 Å². The molecule has 0 aromatic heterocycles. The van der Waals surface area contributed by atoms with Crippen molar-refractivity contribution in [2.24, 2.45) is 46.3 Å². The molecule has 4 nitrogen and oxygen atoms in total. The minimum atomic E-state index is -0.707. The van der Waals surface area contributed by atoms with Gasteiger partial charge in [0.05, 0.1) is 12.2 Å². The Balaban J connectivity index is 1.56. The summed E-state index contributed by atoms with van der Waals surface area (Å²) in [5.74, 6) is 2.55. The van der Waals surface area contributed by atoms with Crippen molar-refractivity contribution < 1.29 is 20.1 Å². The molecule has 160 valence electrons. The molecule has 10 atom stereocenters. The first-order chi connectivity index (χ1) is 13.2. The highest BCUT2D eigenvalue weighted by molar-refractivity contribution is 5.66. The highest BCUT2D eigenvalue weighted by atomic mass is 16.4. The van der Waals surface area contributed by atoms with Crippen molar-refractivity contribution in [2.75, 3.05) is 0 Å². The molecule has 0 saturated heterocycles. The fourth-order valence-electron chi connectivity index (χ4n) is 8.71. The van der Waals surface area contributed by atoms with E-state index in [1.807, 2.05) is 0 Å². The molecule has 0 amide bonds. The molecule has 0 aromatic rings. The van der Waals surface area contributed by atoms with E-state index in [4.69, 9.17) is 5.11 Å². The Bertz CT molecular complexity index is 605. The van der Waals surface area contributed by atoms with Gasteiger partial charge in [-0.05, 0) is 104 Å². The van der Waals surface area contributed by atoms with E-state index in [0.29, 0.717) is 35.5 Å². The summed E-state index contributed by atoms with van der Waals surface area (Å²) in [5.41, 5.74) is 0.216. The number of carboxylic acid groups (broad SMARTS) is 1. The first kappa shape index (κ1) is 20.7. The van der Waals surface area contributed by atoms with Crippen LogP contribution >= 0.6 is 0 Å². The average molecular weight is 393 g/mol. The Morgan fingerprint density at radius 3 is 2.50 bits per heavy atom. The Hall–Kier alpha value is -0.610. The molecule has 4 saturated carbocycles. The molecule has 4 rings (SSSR count). The molecule has 4 heteroatoms. The Morgan fingerprint density at radius 2 is 1.79 bits per heavy atom. The van der Waals surface area contributed by atoms with Crippen LogP contribution < -0.4 is 0 Å². The molecule has 4 fully saturated rings. The van der Waals surface area contributed by atoms with E-state index in [0.717, 1.165) is 38.5 Å². The van der Waals surface area contributed by atoms with Gasteiger partial charge in [0.2, 0.25) is 0 Å². The predicted molar refractivity (Wildman–Crippen MR) is 109 cm³/mol. The smallest absolute Gasteiger partial charge is 0.303 e. The summed E-state index contributed by atoms with van der Waals surface area (Å²) in [6.07, 6.45) is 9.26. The van der Waals surface area contributed by atoms with Gasteiger partial charge in [0.25, 0.3) is 0 Å². The van der Waals surface area contributed by atoms with Gasteiger partial charge in [0.1, 0.15) is 0 Å². The number of hydrogen-bond donors (Lipinski definition) is 3. The first-order valence-corrected chi connectivity index (χ1v) is 11.8. The summed E-state index contributed by atoms with van der Waals surface area (Å²) in [7, 11) is 0. The normalized spacial score (nSPS) is 51.7. The molecule has 3 N–H and O–H groups in total. The first-order valence-electron chi connectivity index (χ1n) is 11.8. The van der Waals surface area contributed by atoms with Crippen LogP contribution in [0.1, 0.15) is 85.0 Å². The number of aliphatic hydroxyl groups excluding tert-OH is 2. The van der Waals surface area contributed by atoms with Crippen LogP contribution in [-0.2, 0) is 4.79 Å². The lowest BCUT2D eigenvalue weighted by Gasteiger charge is -2.62. The van der Waals surface area contributed by atoms with Gasteiger partial charge in [-0.1, -0.05) is 20.8 Å². The van der Waals surface area contributed by atoms with Crippen molar-refractivity contribution in [1.82, 2.24) is 0 Å². The molecule has 0 spiro atoms. The summed E-state index contributed by atoms with van der Waals surface area (Å²) < 4.78 is 0. The third-order valence-corrected chi connectivity index (χ3v) is 10.3. The van der Waals surface area contributed by atoms with Gasteiger partial charge >= 0.3 is 5.97 Å². The van der Waals surface area contributed by atoms with Crippen molar-refractivity contribution >= 4 is 5.97 Å². The average Bonchev–Trinajstić information content (AvgIpc) is 3.00. The zero-order chi connectivity index (χ0) is 20.3. The molecule has 4 aliphatic carbocycles. The second-order valence-corrected chi connectivity index (χ2v) is 11.3. The maximum absolute atomic E-state index is 11.5. The van der Waals surface area contributed by atoms with Gasteiger partial charge < -0.3 is 15.3 Å². The van der Waals surface area contributed by atoms with Crippen LogP contribution in [0, 0.1) is 46.3 Å². The minimum Gasteiger partial charge on any atom is -0.481 e. The van der Waals surface area contributed by atoms with Crippen LogP contribution in [0.25, 0.3) is 0 Å². The number of hydrogen-bond acceptors (Lipinski definition) is 3. The molecule has 0 heterocycles. The molecule has 5 unspecified atom stereocenters. The molecule has 0 aliphatic heterocycles. The number of carboxylic acids is 1. The molecule has 0 bridgehead atoms. The summed E-state index contributed by atoms with van der Waals surface area (Å²) >= 11 is 0. The quantitative estimate of drug-likeness (QED) is 0.659. The Kier molecular flexibility index (Phi) is 5.36. The monoisotopic (exact) mass is 392 g/mol. The zero-order valence-electron chi connectivity index (χ0n) is 17.9. The van der Waals surface area contributed by atoms with Crippen molar-refractivity contribution in [1.29, 1.82) is 0 Å². The van der Waals surface area contributed by atoms with E-state index in [2.05, 4.69) is 20.8 Å². The van der Waals surface area contributed by atoms with Gasteiger partial charge in [-0.2, -0.15) is 0 Å². The summed E-state index contributed by atoms with van der Waals surface area (Å²) in [5, 5.41) is 30.8. The van der Waals surface area contributed by atoms with Crippen molar-refractivity contribution in [3.05, 3.63) is 0 Å². The zero-order valence-corrected chi connectivity index (χ0v) is 17.9. The van der Waals surface area contributed by atoms with E-state index >= 15 is 0 Å². The number of rotatable bonds is 4. The number of carbonyl (C=O) groups is 1. The maximum atomic E-state index is 11.5. The van der Waals surface area contributed by atoms with Crippen LogP contribution in [0.5, 0.6) is 0 Å². The van der Waals surface area contributed by atoms with E-state index in [1.54, 1.807) is 0 Å². The predicted octanol–water partition coefficient (Wildman–Crippen LogP) is 4.48. The topological polar surface area (TPSA) is 77.8 Å². The molecular weight excluding hydrogens is 352 g/mol. The van der Waals surface area contributed by atoms with Crippen LogP contribution in [-0.4, -0.2) is 33.5 Å². The highest BCUT2D eigenvalue weighted by Gasteiger charge is 2.63. The minimum absolute atomic E-state index is 0.0591. The summed E-state index contributed by atoms with van der Waals surface area (Å²) in [6.45, 7) is 6.99. The van der Waals surface area contributed by atoms with E-state index in [-0.39, 0.29) is 29.5 Å². The SMILES string of the molecule is C[C@H](CCC(=O)O)C1CC[C@H]2C3CCC4C[C@H](O)CCC4(C)[C@H]3C[C@H](O)C12C. The van der Waals surface area contributed by atoms with Crippen molar-refractivity contribution in [3.8, 4) is 0 Å². The molecule has 0 radical (unpaired) electrons. The third kappa shape index (κ3) is 3.05. The van der Waals surface area contributed by atoms with Gasteiger partial charge in [0.15, 0.2) is 0 Å². The van der Waals surface area contributed by atoms with Gasteiger partial charge in [-0.25, -0.2) is 0 Å². The highest BCUT2D eigenvalue weighted by Crippen LogP contribution is 2.68. The fourth-order valence-corrected chi connectivity index (χ4v) is 8.71. The van der Waals surface area contributed by atoms with Crippen LogP contribution in [0.15, 0.2) is 0 Å². The summed E-state index contributed by atoms with van der Waals surface area (Å²) in [6, 6.07) is 0. The molecule has 28 heavy (non-hydrogen) atoms. The van der Waals surface area contributed by atoms with E-state index in [1.165, 1.54) is 19.3 Å². The third-order valence-electron chi connectivity index (χ3n) is 10.3. The molecule has 4 aliphatic rings.